The SMILES string of the molecule is CCc1nnc(SCC(=O)NC2CCCCC2)n1C1CC1. The monoisotopic (exact) mass is 308 g/mol. The smallest absolute Gasteiger partial charge is 0.230 e. The summed E-state index contributed by atoms with van der Waals surface area (Å²) >= 11 is 1.53. The number of nitrogens with one attached hydrogen (secondary N) is 1. The zero-order chi connectivity index (χ0) is 14.7. The Hall–Kier alpha value is -1.04. The van der Waals surface area contributed by atoms with Crippen LogP contribution in [-0.4, -0.2) is 32.5 Å². The average Bonchev–Trinajstić information content (AvgIpc) is 3.26. The van der Waals surface area contributed by atoms with Crippen molar-refractivity contribution >= 4 is 17.7 Å². The lowest BCUT2D eigenvalue weighted by Crippen LogP contribution is -2.37. The summed E-state index contributed by atoms with van der Waals surface area (Å²) < 4.78 is 2.23. The van der Waals surface area contributed by atoms with Crippen molar-refractivity contribution in [1.82, 2.24) is 20.1 Å². The normalized spacial score (nSPS) is 19.7. The molecule has 1 heterocycles. The van der Waals surface area contributed by atoms with Gasteiger partial charge in [0.25, 0.3) is 0 Å². The summed E-state index contributed by atoms with van der Waals surface area (Å²) in [5.41, 5.74) is 0. The Balaban J connectivity index is 1.52. The molecule has 5 nitrogen and oxygen atoms in total. The molecule has 3 rings (SSSR count). The van der Waals surface area contributed by atoms with Crippen LogP contribution < -0.4 is 5.32 Å². The lowest BCUT2D eigenvalue weighted by Gasteiger charge is -2.22. The number of carbonyl (C=O) groups excluding carboxylic acids is 1. The van der Waals surface area contributed by atoms with E-state index < -0.39 is 0 Å². The van der Waals surface area contributed by atoms with Crippen LogP contribution in [0.25, 0.3) is 0 Å². The maximum absolute atomic E-state index is 12.1. The van der Waals surface area contributed by atoms with Crippen molar-refractivity contribution in [2.45, 2.75) is 75.5 Å². The van der Waals surface area contributed by atoms with E-state index in [-0.39, 0.29) is 5.91 Å². The number of hydrogen-bond acceptors (Lipinski definition) is 4. The minimum atomic E-state index is 0.135. The Morgan fingerprint density at radius 3 is 2.67 bits per heavy atom. The van der Waals surface area contributed by atoms with Gasteiger partial charge >= 0.3 is 0 Å². The third-order valence-electron chi connectivity index (χ3n) is 4.27. The number of thioether (sulfide) groups is 1. The van der Waals surface area contributed by atoms with Crippen LogP contribution in [0.2, 0.25) is 0 Å². The Morgan fingerprint density at radius 2 is 2.00 bits per heavy atom. The zero-order valence-electron chi connectivity index (χ0n) is 12.7. The summed E-state index contributed by atoms with van der Waals surface area (Å²) in [6.07, 6.45) is 9.40. The summed E-state index contributed by atoms with van der Waals surface area (Å²) in [5, 5.41) is 12.6. The summed E-state index contributed by atoms with van der Waals surface area (Å²) in [4.78, 5) is 12.1. The summed E-state index contributed by atoms with van der Waals surface area (Å²) in [7, 11) is 0. The molecule has 1 amide bonds. The molecule has 2 aliphatic carbocycles. The van der Waals surface area contributed by atoms with Gasteiger partial charge in [0.1, 0.15) is 5.82 Å². The number of carbonyl (C=O) groups is 1. The van der Waals surface area contributed by atoms with E-state index in [1.807, 2.05) is 0 Å². The van der Waals surface area contributed by atoms with Crippen LogP contribution in [0.5, 0.6) is 0 Å². The van der Waals surface area contributed by atoms with Crippen molar-refractivity contribution in [2.75, 3.05) is 5.75 Å². The van der Waals surface area contributed by atoms with Crippen molar-refractivity contribution in [2.24, 2.45) is 0 Å². The van der Waals surface area contributed by atoms with Crippen LogP contribution in [-0.2, 0) is 11.2 Å². The summed E-state index contributed by atoms with van der Waals surface area (Å²) in [6, 6.07) is 0.957. The molecule has 2 saturated carbocycles. The molecule has 2 fully saturated rings. The largest absolute Gasteiger partial charge is 0.353 e. The molecule has 0 unspecified atom stereocenters. The van der Waals surface area contributed by atoms with Gasteiger partial charge in [-0.05, 0) is 25.7 Å². The van der Waals surface area contributed by atoms with Crippen molar-refractivity contribution in [3.63, 3.8) is 0 Å². The van der Waals surface area contributed by atoms with Crippen LogP contribution in [0, 0.1) is 0 Å². The van der Waals surface area contributed by atoms with E-state index >= 15 is 0 Å². The lowest BCUT2D eigenvalue weighted by atomic mass is 9.95. The highest BCUT2D eigenvalue weighted by Crippen LogP contribution is 2.38. The van der Waals surface area contributed by atoms with Gasteiger partial charge in [0, 0.05) is 18.5 Å². The Bertz CT molecular complexity index is 492. The zero-order valence-corrected chi connectivity index (χ0v) is 13.5. The molecule has 0 saturated heterocycles. The van der Waals surface area contributed by atoms with E-state index in [4.69, 9.17) is 0 Å². The van der Waals surface area contributed by atoms with Gasteiger partial charge in [-0.1, -0.05) is 37.9 Å². The molecule has 0 spiro atoms. The second-order valence-corrected chi connectivity index (χ2v) is 6.99. The standard InChI is InChI=1S/C15H24N4OS/c1-2-13-17-18-15(19(13)12-8-9-12)21-10-14(20)16-11-6-4-3-5-7-11/h11-12H,2-10H2,1H3,(H,16,20). The molecule has 116 valence electrons. The number of amides is 1. The molecule has 6 heteroatoms. The maximum Gasteiger partial charge on any atom is 0.230 e. The Labute approximate surface area is 130 Å². The van der Waals surface area contributed by atoms with Crippen molar-refractivity contribution in [3.05, 3.63) is 5.82 Å². The fourth-order valence-electron chi connectivity index (χ4n) is 2.99. The minimum absolute atomic E-state index is 0.135. The van der Waals surface area contributed by atoms with Gasteiger partial charge in [0.2, 0.25) is 5.91 Å². The van der Waals surface area contributed by atoms with Crippen LogP contribution in [0.4, 0.5) is 0 Å². The molecule has 0 aliphatic heterocycles. The number of aromatic nitrogens is 3. The number of aryl methyl sites for hydroxylation is 1. The highest BCUT2D eigenvalue weighted by Gasteiger charge is 2.29. The van der Waals surface area contributed by atoms with Gasteiger partial charge in [0.05, 0.1) is 5.75 Å². The predicted molar refractivity (Wildman–Crippen MR) is 83.4 cm³/mol. The Morgan fingerprint density at radius 1 is 1.24 bits per heavy atom. The fourth-order valence-corrected chi connectivity index (χ4v) is 3.83. The van der Waals surface area contributed by atoms with Crippen LogP contribution in [0.15, 0.2) is 5.16 Å². The second kappa shape index (κ2) is 6.81. The third kappa shape index (κ3) is 3.78. The average molecular weight is 308 g/mol. The van der Waals surface area contributed by atoms with Gasteiger partial charge in [-0.3, -0.25) is 4.79 Å². The molecule has 0 radical (unpaired) electrons. The van der Waals surface area contributed by atoms with Gasteiger partial charge in [-0.25, -0.2) is 0 Å². The molecule has 1 N–H and O–H groups in total. The first-order valence-corrected chi connectivity index (χ1v) is 9.12. The van der Waals surface area contributed by atoms with E-state index in [0.29, 0.717) is 17.8 Å². The fraction of sp³-hybridized carbons (Fsp3) is 0.800. The summed E-state index contributed by atoms with van der Waals surface area (Å²) in [5.74, 6) is 1.63. The van der Waals surface area contributed by atoms with E-state index in [2.05, 4.69) is 27.0 Å². The molecule has 21 heavy (non-hydrogen) atoms. The number of nitrogens with zero attached hydrogens (tertiary/aromatic N) is 3. The highest BCUT2D eigenvalue weighted by molar-refractivity contribution is 7.99. The molecular weight excluding hydrogens is 284 g/mol. The van der Waals surface area contributed by atoms with Crippen molar-refractivity contribution in [3.8, 4) is 0 Å². The van der Waals surface area contributed by atoms with E-state index in [0.717, 1.165) is 30.2 Å². The van der Waals surface area contributed by atoms with Gasteiger partial charge < -0.3 is 9.88 Å². The maximum atomic E-state index is 12.1. The molecule has 0 atom stereocenters. The highest BCUT2D eigenvalue weighted by atomic mass is 32.2. The first kappa shape index (κ1) is 14.9. The van der Waals surface area contributed by atoms with Crippen LogP contribution in [0.1, 0.15) is 63.7 Å². The molecule has 0 bridgehead atoms. The minimum Gasteiger partial charge on any atom is -0.353 e. The first-order valence-electron chi connectivity index (χ1n) is 8.14. The van der Waals surface area contributed by atoms with E-state index in [1.165, 1.54) is 43.9 Å². The van der Waals surface area contributed by atoms with Gasteiger partial charge in [-0.15, -0.1) is 10.2 Å². The number of rotatable bonds is 6. The van der Waals surface area contributed by atoms with E-state index in [9.17, 15) is 4.79 Å². The molecule has 2 aliphatic rings. The molecular formula is C15H24N4OS. The lowest BCUT2D eigenvalue weighted by molar-refractivity contribution is -0.119. The van der Waals surface area contributed by atoms with Crippen LogP contribution >= 0.6 is 11.8 Å². The first-order chi connectivity index (χ1) is 10.3. The van der Waals surface area contributed by atoms with E-state index in [1.54, 1.807) is 0 Å². The van der Waals surface area contributed by atoms with Crippen molar-refractivity contribution < 1.29 is 4.79 Å². The Kier molecular flexibility index (Phi) is 4.83. The number of hydrogen-bond donors (Lipinski definition) is 1. The van der Waals surface area contributed by atoms with Crippen LogP contribution in [0.3, 0.4) is 0 Å². The predicted octanol–water partition coefficient (Wildman–Crippen LogP) is 2.72. The molecule has 1 aromatic heterocycles. The van der Waals surface area contributed by atoms with Gasteiger partial charge in [-0.2, -0.15) is 0 Å². The quantitative estimate of drug-likeness (QED) is 0.821. The van der Waals surface area contributed by atoms with Crippen molar-refractivity contribution in [1.29, 1.82) is 0 Å². The molecule has 0 aromatic carbocycles. The topological polar surface area (TPSA) is 59.8 Å². The second-order valence-electron chi connectivity index (χ2n) is 6.04. The third-order valence-corrected chi connectivity index (χ3v) is 5.21. The summed E-state index contributed by atoms with van der Waals surface area (Å²) in [6.45, 7) is 2.10. The van der Waals surface area contributed by atoms with Gasteiger partial charge in [0.15, 0.2) is 5.16 Å². The molecule has 1 aromatic rings.